The molecule has 0 fully saturated rings. The molecule has 0 aliphatic rings. The lowest BCUT2D eigenvalue weighted by molar-refractivity contribution is -0.139. The topological polar surface area (TPSA) is 94.1 Å². The zero-order valence-corrected chi connectivity index (χ0v) is 14.7. The number of aliphatic carboxylic acids is 1. The van der Waals surface area contributed by atoms with Crippen LogP contribution in [-0.2, 0) is 16.0 Å². The first-order chi connectivity index (χ1) is 11.2. The van der Waals surface area contributed by atoms with E-state index in [0.29, 0.717) is 17.9 Å². The monoisotopic (exact) mass is 339 g/mol. The summed E-state index contributed by atoms with van der Waals surface area (Å²) in [7, 11) is 3.09. The van der Waals surface area contributed by atoms with Crippen LogP contribution in [0.2, 0.25) is 0 Å². The Morgan fingerprint density at radius 1 is 1.21 bits per heavy atom. The summed E-state index contributed by atoms with van der Waals surface area (Å²) in [6.45, 7) is 5.14. The van der Waals surface area contributed by atoms with Gasteiger partial charge in [0, 0.05) is 6.07 Å². The Hall–Kier alpha value is -2.44. The fourth-order valence-corrected chi connectivity index (χ4v) is 2.07. The van der Waals surface area contributed by atoms with Crippen molar-refractivity contribution < 1.29 is 28.9 Å². The maximum atomic E-state index is 11.8. The molecule has 0 saturated heterocycles. The molecule has 1 aromatic carbocycles. The summed E-state index contributed by atoms with van der Waals surface area (Å²) >= 11 is 0. The molecule has 1 unspecified atom stereocenters. The van der Waals surface area contributed by atoms with E-state index in [2.05, 4.69) is 5.32 Å². The highest BCUT2D eigenvalue weighted by Gasteiger charge is 2.24. The number of hydrogen-bond acceptors (Lipinski definition) is 5. The molecule has 0 spiro atoms. The van der Waals surface area contributed by atoms with Gasteiger partial charge in [-0.2, -0.15) is 0 Å². The molecule has 1 aromatic rings. The van der Waals surface area contributed by atoms with Crippen LogP contribution in [0.3, 0.4) is 0 Å². The van der Waals surface area contributed by atoms with Crippen LogP contribution in [-0.4, -0.2) is 43.0 Å². The maximum Gasteiger partial charge on any atom is 0.408 e. The Labute approximate surface area is 141 Å². The zero-order chi connectivity index (χ0) is 18.3. The van der Waals surface area contributed by atoms with Crippen molar-refractivity contribution in [1.29, 1.82) is 0 Å². The van der Waals surface area contributed by atoms with Crippen molar-refractivity contribution in [3.63, 3.8) is 0 Å². The molecule has 0 aromatic heterocycles. The average Bonchev–Trinajstić information content (AvgIpc) is 2.49. The van der Waals surface area contributed by atoms with E-state index >= 15 is 0 Å². The third kappa shape index (κ3) is 6.36. The number of amides is 1. The van der Waals surface area contributed by atoms with Crippen LogP contribution in [0.15, 0.2) is 18.2 Å². The molecule has 1 amide bonds. The molecule has 0 radical (unpaired) electrons. The Morgan fingerprint density at radius 3 is 2.38 bits per heavy atom. The molecule has 7 heteroatoms. The lowest BCUT2D eigenvalue weighted by Gasteiger charge is -2.22. The van der Waals surface area contributed by atoms with Gasteiger partial charge >= 0.3 is 12.1 Å². The van der Waals surface area contributed by atoms with Gasteiger partial charge in [-0.05, 0) is 45.2 Å². The number of carbonyl (C=O) groups is 2. The fourth-order valence-electron chi connectivity index (χ4n) is 2.07. The van der Waals surface area contributed by atoms with Crippen molar-refractivity contribution in [3.8, 4) is 11.5 Å². The second-order valence-electron chi connectivity index (χ2n) is 6.25. The second kappa shape index (κ2) is 8.42. The van der Waals surface area contributed by atoms with Crippen LogP contribution in [0.4, 0.5) is 4.79 Å². The molecule has 7 nitrogen and oxygen atoms in total. The molecule has 0 saturated carbocycles. The molecule has 0 aliphatic carbocycles. The minimum Gasteiger partial charge on any atom is -0.497 e. The van der Waals surface area contributed by atoms with Crippen molar-refractivity contribution in [2.24, 2.45) is 0 Å². The van der Waals surface area contributed by atoms with Gasteiger partial charge in [0.05, 0.1) is 14.2 Å². The first kappa shape index (κ1) is 19.6. The summed E-state index contributed by atoms with van der Waals surface area (Å²) in [5.41, 5.74) is 0.141. The van der Waals surface area contributed by atoms with Crippen LogP contribution in [0, 0.1) is 0 Å². The molecular weight excluding hydrogens is 314 g/mol. The van der Waals surface area contributed by atoms with E-state index in [4.69, 9.17) is 14.2 Å². The molecule has 0 bridgehead atoms. The highest BCUT2D eigenvalue weighted by Crippen LogP contribution is 2.26. The summed E-state index contributed by atoms with van der Waals surface area (Å²) in [6.07, 6.45) is -0.131. The summed E-state index contributed by atoms with van der Waals surface area (Å²) in [5, 5.41) is 11.7. The van der Waals surface area contributed by atoms with Crippen molar-refractivity contribution in [3.05, 3.63) is 23.8 Å². The Kier molecular flexibility index (Phi) is 6.88. The number of carbonyl (C=O) groups excluding carboxylic acids is 1. The predicted molar refractivity (Wildman–Crippen MR) is 88.7 cm³/mol. The minimum atomic E-state index is -1.12. The first-order valence-electron chi connectivity index (χ1n) is 7.59. The predicted octanol–water partition coefficient (Wildman–Crippen LogP) is 2.61. The number of carboxylic acids is 1. The summed E-state index contributed by atoms with van der Waals surface area (Å²) in [4.78, 5) is 23.1. The van der Waals surface area contributed by atoms with Gasteiger partial charge in [-0.3, -0.25) is 0 Å². The van der Waals surface area contributed by atoms with Crippen molar-refractivity contribution in [2.75, 3.05) is 14.2 Å². The number of aryl methyl sites for hydroxylation is 1. The van der Waals surface area contributed by atoms with Gasteiger partial charge in [-0.15, -0.1) is 0 Å². The van der Waals surface area contributed by atoms with E-state index in [1.54, 1.807) is 40.0 Å². The van der Waals surface area contributed by atoms with Crippen LogP contribution >= 0.6 is 0 Å². The summed E-state index contributed by atoms with van der Waals surface area (Å²) < 4.78 is 15.5. The zero-order valence-electron chi connectivity index (χ0n) is 14.7. The van der Waals surface area contributed by atoms with Crippen LogP contribution in [0.5, 0.6) is 11.5 Å². The van der Waals surface area contributed by atoms with E-state index in [1.807, 2.05) is 6.07 Å². The van der Waals surface area contributed by atoms with Crippen LogP contribution in [0.25, 0.3) is 0 Å². The van der Waals surface area contributed by atoms with E-state index in [0.717, 1.165) is 5.56 Å². The van der Waals surface area contributed by atoms with E-state index in [9.17, 15) is 14.7 Å². The fraction of sp³-hybridized carbons (Fsp3) is 0.529. The second-order valence-corrected chi connectivity index (χ2v) is 6.25. The van der Waals surface area contributed by atoms with Crippen molar-refractivity contribution in [2.45, 2.75) is 45.3 Å². The number of methoxy groups -OCH3 is 2. The maximum absolute atomic E-state index is 11.8. The molecule has 0 aliphatic heterocycles. The molecule has 0 heterocycles. The largest absolute Gasteiger partial charge is 0.497 e. The molecular formula is C17H25NO6. The Morgan fingerprint density at radius 2 is 1.88 bits per heavy atom. The molecule has 24 heavy (non-hydrogen) atoms. The van der Waals surface area contributed by atoms with Gasteiger partial charge in [0.1, 0.15) is 23.1 Å². The minimum absolute atomic E-state index is 0.206. The van der Waals surface area contributed by atoms with Gasteiger partial charge in [0.2, 0.25) is 0 Å². The number of hydrogen-bond donors (Lipinski definition) is 2. The summed E-state index contributed by atoms with van der Waals surface area (Å²) in [6, 6.07) is 4.26. The third-order valence-electron chi connectivity index (χ3n) is 3.19. The molecule has 1 rings (SSSR count). The number of nitrogens with one attached hydrogen (secondary N) is 1. The number of benzene rings is 1. The lowest BCUT2D eigenvalue weighted by Crippen LogP contribution is -2.43. The van der Waals surface area contributed by atoms with E-state index in [-0.39, 0.29) is 6.42 Å². The van der Waals surface area contributed by atoms with Gasteiger partial charge < -0.3 is 24.6 Å². The van der Waals surface area contributed by atoms with Gasteiger partial charge in [0.15, 0.2) is 0 Å². The Balaban J connectivity index is 2.74. The van der Waals surface area contributed by atoms with Gasteiger partial charge in [-0.25, -0.2) is 9.59 Å². The number of alkyl carbamates (subject to hydrolysis) is 1. The van der Waals surface area contributed by atoms with Crippen LogP contribution in [0.1, 0.15) is 32.8 Å². The Bertz CT molecular complexity index is 579. The highest BCUT2D eigenvalue weighted by molar-refractivity contribution is 5.80. The van der Waals surface area contributed by atoms with Crippen molar-refractivity contribution in [1.82, 2.24) is 5.32 Å². The SMILES string of the molecule is COc1ccc(CCC(NC(=O)OC(C)(C)C)C(=O)O)c(OC)c1. The lowest BCUT2D eigenvalue weighted by atomic mass is 10.0. The van der Waals surface area contributed by atoms with Gasteiger partial charge in [0.25, 0.3) is 0 Å². The highest BCUT2D eigenvalue weighted by atomic mass is 16.6. The van der Waals surface area contributed by atoms with E-state index in [1.165, 1.54) is 7.11 Å². The molecule has 134 valence electrons. The normalized spacial score (nSPS) is 12.2. The molecule has 1 atom stereocenters. The first-order valence-corrected chi connectivity index (χ1v) is 7.59. The number of carboxylic acid groups (broad SMARTS) is 1. The quantitative estimate of drug-likeness (QED) is 0.793. The third-order valence-corrected chi connectivity index (χ3v) is 3.19. The van der Waals surface area contributed by atoms with Gasteiger partial charge in [-0.1, -0.05) is 6.07 Å². The smallest absolute Gasteiger partial charge is 0.408 e. The summed E-state index contributed by atoms with van der Waals surface area (Å²) in [5.74, 6) is 0.140. The molecule has 2 N–H and O–H groups in total. The van der Waals surface area contributed by atoms with Crippen molar-refractivity contribution >= 4 is 12.1 Å². The average molecular weight is 339 g/mol. The number of rotatable bonds is 7. The number of ether oxygens (including phenoxy) is 3. The van der Waals surface area contributed by atoms with E-state index < -0.39 is 23.7 Å². The standard InChI is InChI=1S/C17H25NO6/c1-17(2,3)24-16(21)18-13(15(19)20)9-7-11-6-8-12(22-4)10-14(11)23-5/h6,8,10,13H,7,9H2,1-5H3,(H,18,21)(H,19,20). The van der Waals surface area contributed by atoms with Crippen LogP contribution < -0.4 is 14.8 Å².